The van der Waals surface area contributed by atoms with Gasteiger partial charge in [0.2, 0.25) is 0 Å². The van der Waals surface area contributed by atoms with Crippen molar-refractivity contribution in [3.05, 3.63) is 29.8 Å². The summed E-state index contributed by atoms with van der Waals surface area (Å²) in [6.07, 6.45) is 3.83. The summed E-state index contributed by atoms with van der Waals surface area (Å²) in [5, 5.41) is 11.6. The third kappa shape index (κ3) is 3.61. The van der Waals surface area contributed by atoms with E-state index < -0.39 is 0 Å². The zero-order valence-electron chi connectivity index (χ0n) is 11.2. The standard InChI is InChI=1S/C14H21N3O2/c1-17(9-8-13-3-2-10-19-13)12-6-4-11(5-7-12)14(15)16-18/h4-7,13,18H,2-3,8-10H2,1H3,(H2,15,16). The molecular weight excluding hydrogens is 242 g/mol. The molecule has 5 nitrogen and oxygen atoms in total. The van der Waals surface area contributed by atoms with Crippen LogP contribution in [0.1, 0.15) is 24.8 Å². The molecule has 0 saturated carbocycles. The summed E-state index contributed by atoms with van der Waals surface area (Å²) in [5.74, 6) is 0.133. The number of hydrogen-bond acceptors (Lipinski definition) is 4. The largest absolute Gasteiger partial charge is 0.409 e. The van der Waals surface area contributed by atoms with E-state index in [1.54, 1.807) is 0 Å². The van der Waals surface area contributed by atoms with Crippen LogP contribution < -0.4 is 10.6 Å². The predicted molar refractivity (Wildman–Crippen MR) is 75.8 cm³/mol. The van der Waals surface area contributed by atoms with Crippen molar-refractivity contribution in [2.75, 3.05) is 25.1 Å². The second-order valence-corrected chi connectivity index (χ2v) is 4.88. The molecule has 0 aromatic heterocycles. The van der Waals surface area contributed by atoms with E-state index in [1.807, 2.05) is 24.3 Å². The number of amidine groups is 1. The summed E-state index contributed by atoms with van der Waals surface area (Å²) in [6, 6.07) is 7.66. The predicted octanol–water partition coefficient (Wildman–Crippen LogP) is 1.79. The molecule has 1 aliphatic rings. The molecule has 1 unspecified atom stereocenters. The Hall–Kier alpha value is -1.75. The molecule has 0 amide bonds. The van der Waals surface area contributed by atoms with Crippen LogP contribution >= 0.6 is 0 Å². The Morgan fingerprint density at radius 1 is 1.47 bits per heavy atom. The minimum Gasteiger partial charge on any atom is -0.409 e. The monoisotopic (exact) mass is 263 g/mol. The van der Waals surface area contributed by atoms with Crippen molar-refractivity contribution in [3.8, 4) is 0 Å². The van der Waals surface area contributed by atoms with Crippen molar-refractivity contribution in [2.24, 2.45) is 10.9 Å². The second-order valence-electron chi connectivity index (χ2n) is 4.88. The highest BCUT2D eigenvalue weighted by Crippen LogP contribution is 2.18. The van der Waals surface area contributed by atoms with E-state index in [9.17, 15) is 0 Å². The topological polar surface area (TPSA) is 71.1 Å². The van der Waals surface area contributed by atoms with E-state index >= 15 is 0 Å². The van der Waals surface area contributed by atoms with Gasteiger partial charge in [0.05, 0.1) is 6.10 Å². The van der Waals surface area contributed by atoms with Crippen molar-refractivity contribution in [3.63, 3.8) is 0 Å². The van der Waals surface area contributed by atoms with Crippen molar-refractivity contribution in [2.45, 2.75) is 25.4 Å². The average Bonchev–Trinajstić information content (AvgIpc) is 2.97. The fourth-order valence-corrected chi connectivity index (χ4v) is 2.28. The van der Waals surface area contributed by atoms with Gasteiger partial charge in [-0.1, -0.05) is 5.16 Å². The Morgan fingerprint density at radius 2 is 2.21 bits per heavy atom. The van der Waals surface area contributed by atoms with Crippen molar-refractivity contribution in [1.29, 1.82) is 0 Å². The maximum atomic E-state index is 8.61. The lowest BCUT2D eigenvalue weighted by Gasteiger charge is -2.21. The first-order valence-corrected chi connectivity index (χ1v) is 6.61. The highest BCUT2D eigenvalue weighted by molar-refractivity contribution is 5.97. The maximum absolute atomic E-state index is 8.61. The summed E-state index contributed by atoms with van der Waals surface area (Å²) in [6.45, 7) is 1.87. The first-order chi connectivity index (χ1) is 9.20. The van der Waals surface area contributed by atoms with Gasteiger partial charge >= 0.3 is 0 Å². The number of anilines is 1. The van der Waals surface area contributed by atoms with Gasteiger partial charge in [0.1, 0.15) is 0 Å². The second kappa shape index (κ2) is 6.43. The van der Waals surface area contributed by atoms with E-state index in [-0.39, 0.29) is 5.84 Å². The molecule has 0 spiro atoms. The molecule has 1 atom stereocenters. The molecule has 1 aliphatic heterocycles. The normalized spacial score (nSPS) is 19.6. The number of benzene rings is 1. The lowest BCUT2D eigenvalue weighted by Crippen LogP contribution is -2.22. The van der Waals surface area contributed by atoms with Crippen LogP contribution in [0, 0.1) is 0 Å². The van der Waals surface area contributed by atoms with Gasteiger partial charge in [0.15, 0.2) is 5.84 Å². The molecule has 3 N–H and O–H groups in total. The van der Waals surface area contributed by atoms with E-state index in [0.29, 0.717) is 6.10 Å². The summed E-state index contributed by atoms with van der Waals surface area (Å²) in [7, 11) is 2.06. The molecule has 0 aliphatic carbocycles. The van der Waals surface area contributed by atoms with Gasteiger partial charge in [-0.05, 0) is 43.5 Å². The van der Waals surface area contributed by atoms with E-state index in [2.05, 4.69) is 17.1 Å². The van der Waals surface area contributed by atoms with Gasteiger partial charge in [-0.2, -0.15) is 0 Å². The number of ether oxygens (including phenoxy) is 1. The first-order valence-electron chi connectivity index (χ1n) is 6.61. The Balaban J connectivity index is 1.89. The third-order valence-corrected chi connectivity index (χ3v) is 3.52. The number of hydrogen-bond donors (Lipinski definition) is 2. The van der Waals surface area contributed by atoms with Crippen LogP contribution in [0.5, 0.6) is 0 Å². The quantitative estimate of drug-likeness (QED) is 0.368. The molecule has 0 radical (unpaired) electrons. The molecule has 1 saturated heterocycles. The number of nitrogens with two attached hydrogens (primary N) is 1. The fraction of sp³-hybridized carbons (Fsp3) is 0.500. The average molecular weight is 263 g/mol. The Bertz CT molecular complexity index is 425. The minimum absolute atomic E-state index is 0.133. The highest BCUT2D eigenvalue weighted by Gasteiger charge is 2.15. The van der Waals surface area contributed by atoms with Crippen LogP contribution in [-0.2, 0) is 4.74 Å². The van der Waals surface area contributed by atoms with Crippen LogP contribution in [-0.4, -0.2) is 37.3 Å². The van der Waals surface area contributed by atoms with Gasteiger partial charge < -0.3 is 20.6 Å². The molecule has 5 heteroatoms. The number of rotatable bonds is 5. The van der Waals surface area contributed by atoms with Crippen LogP contribution in [0.2, 0.25) is 0 Å². The van der Waals surface area contributed by atoms with Gasteiger partial charge in [-0.15, -0.1) is 0 Å². The van der Waals surface area contributed by atoms with Crippen molar-refractivity contribution >= 4 is 11.5 Å². The Morgan fingerprint density at radius 3 is 2.79 bits per heavy atom. The molecule has 1 fully saturated rings. The van der Waals surface area contributed by atoms with Gasteiger partial charge in [-0.3, -0.25) is 0 Å². The molecule has 104 valence electrons. The molecule has 0 bridgehead atoms. The summed E-state index contributed by atoms with van der Waals surface area (Å²) >= 11 is 0. The first kappa shape index (κ1) is 13.7. The molecule has 1 heterocycles. The van der Waals surface area contributed by atoms with Gasteiger partial charge in [-0.25, -0.2) is 0 Å². The van der Waals surface area contributed by atoms with Crippen LogP contribution in [0.15, 0.2) is 29.4 Å². The van der Waals surface area contributed by atoms with Gasteiger partial charge in [0, 0.05) is 31.5 Å². The van der Waals surface area contributed by atoms with Crippen molar-refractivity contribution < 1.29 is 9.94 Å². The molecule has 1 aromatic carbocycles. The lowest BCUT2D eigenvalue weighted by molar-refractivity contribution is 0.106. The zero-order valence-corrected chi connectivity index (χ0v) is 11.2. The maximum Gasteiger partial charge on any atom is 0.170 e. The lowest BCUT2D eigenvalue weighted by atomic mass is 10.1. The summed E-state index contributed by atoms with van der Waals surface area (Å²) in [5.41, 5.74) is 7.37. The number of oxime groups is 1. The summed E-state index contributed by atoms with van der Waals surface area (Å²) < 4.78 is 5.62. The van der Waals surface area contributed by atoms with E-state index in [0.717, 1.165) is 30.8 Å². The van der Waals surface area contributed by atoms with Crippen LogP contribution in [0.4, 0.5) is 5.69 Å². The van der Waals surface area contributed by atoms with E-state index in [4.69, 9.17) is 15.7 Å². The summed E-state index contributed by atoms with van der Waals surface area (Å²) in [4.78, 5) is 2.19. The Kier molecular flexibility index (Phi) is 4.63. The molecule has 2 rings (SSSR count). The highest BCUT2D eigenvalue weighted by atomic mass is 16.5. The smallest absolute Gasteiger partial charge is 0.170 e. The fourth-order valence-electron chi connectivity index (χ4n) is 2.28. The number of nitrogens with zero attached hydrogens (tertiary/aromatic N) is 2. The van der Waals surface area contributed by atoms with Crippen molar-refractivity contribution in [1.82, 2.24) is 0 Å². The SMILES string of the molecule is CN(CCC1CCCO1)c1ccc(C(N)=NO)cc1. The molecule has 19 heavy (non-hydrogen) atoms. The van der Waals surface area contributed by atoms with Crippen LogP contribution in [0.25, 0.3) is 0 Å². The molecule has 1 aromatic rings. The van der Waals surface area contributed by atoms with E-state index in [1.165, 1.54) is 12.8 Å². The molecular formula is C14H21N3O2. The third-order valence-electron chi connectivity index (χ3n) is 3.52. The Labute approximate surface area is 113 Å². The van der Waals surface area contributed by atoms with Crippen LogP contribution in [0.3, 0.4) is 0 Å². The zero-order chi connectivity index (χ0) is 13.7. The van der Waals surface area contributed by atoms with Gasteiger partial charge in [0.25, 0.3) is 0 Å². The minimum atomic E-state index is 0.133.